The molecule has 0 rings (SSSR count). The number of carboxylic acid groups (broad SMARTS) is 1. The summed E-state index contributed by atoms with van der Waals surface area (Å²) in [5.41, 5.74) is 21.9. The molecule has 0 aliphatic heterocycles. The lowest BCUT2D eigenvalue weighted by molar-refractivity contribution is -0.139. The quantitative estimate of drug-likeness (QED) is 0.0195. The van der Waals surface area contributed by atoms with Crippen molar-refractivity contribution in [3.05, 3.63) is 0 Å². The molecular weight excluding hydrogens is 987 g/mol. The number of nitrogens with two attached hydrogens (primary N) is 4. The Bertz CT molecular complexity index is 1780. The molecule has 0 heterocycles. The molecule has 0 saturated heterocycles. The number of nitrogens with one attached hydrogen (secondary N) is 13. The number of aliphatic hydroxyl groups excluding tert-OH is 1. The van der Waals surface area contributed by atoms with E-state index in [1.54, 1.807) is 0 Å². The average Bonchev–Trinajstić information content (AvgIpc) is 3.37. The van der Waals surface area contributed by atoms with Crippen molar-refractivity contribution in [2.45, 2.75) is 204 Å². The van der Waals surface area contributed by atoms with Crippen LogP contribution in [0, 0.1) is 16.2 Å². The Labute approximate surface area is 448 Å². The van der Waals surface area contributed by atoms with E-state index in [1.807, 2.05) is 0 Å². The normalized spacial score (nSPS) is 13.2. The first-order valence-electron chi connectivity index (χ1n) is 27.1. The van der Waals surface area contributed by atoms with E-state index in [9.17, 15) is 48.6 Å². The predicted molar refractivity (Wildman–Crippen MR) is 290 cm³/mol. The van der Waals surface area contributed by atoms with Gasteiger partial charge in [-0.2, -0.15) is 0 Å². The van der Waals surface area contributed by atoms with Crippen LogP contribution in [0.5, 0.6) is 0 Å². The van der Waals surface area contributed by atoms with Crippen molar-refractivity contribution >= 4 is 65.2 Å². The first-order valence-corrected chi connectivity index (χ1v) is 27.1. The number of carbonyl (C=O) groups excluding carboxylic acids is 7. The Morgan fingerprint density at radius 2 is 0.750 bits per heavy atom. The van der Waals surface area contributed by atoms with E-state index in [0.29, 0.717) is 25.7 Å². The highest BCUT2D eigenvalue weighted by Crippen LogP contribution is 2.14. The van der Waals surface area contributed by atoms with Crippen molar-refractivity contribution in [1.29, 1.82) is 16.2 Å². The summed E-state index contributed by atoms with van der Waals surface area (Å²) in [7, 11) is 1.38. The van der Waals surface area contributed by atoms with Crippen LogP contribution in [-0.4, -0.2) is 151 Å². The van der Waals surface area contributed by atoms with Crippen LogP contribution in [0.1, 0.15) is 167 Å². The molecule has 0 unspecified atom stereocenters. The van der Waals surface area contributed by atoms with Gasteiger partial charge in [-0.25, -0.2) is 0 Å². The highest BCUT2D eigenvalue weighted by atomic mass is 16.4. The fraction of sp³-hybridized carbons (Fsp3) is 0.776. The van der Waals surface area contributed by atoms with Crippen molar-refractivity contribution in [2.24, 2.45) is 22.9 Å². The second-order valence-corrected chi connectivity index (χ2v) is 18.9. The topological polar surface area (TPSA) is 473 Å². The van der Waals surface area contributed by atoms with E-state index in [4.69, 9.17) is 39.2 Å². The second-order valence-electron chi connectivity index (χ2n) is 18.9. The van der Waals surface area contributed by atoms with Gasteiger partial charge in [0, 0.05) is 39.5 Å². The van der Waals surface area contributed by atoms with Crippen molar-refractivity contribution in [1.82, 2.24) is 53.2 Å². The molecule has 0 radical (unpaired) electrons. The van der Waals surface area contributed by atoms with E-state index < -0.39 is 103 Å². The van der Waals surface area contributed by atoms with Crippen molar-refractivity contribution < 1.29 is 48.6 Å². The van der Waals surface area contributed by atoms with Crippen LogP contribution < -0.4 is 76.1 Å². The summed E-state index contributed by atoms with van der Waals surface area (Å²) in [5, 5.41) is 67.8. The van der Waals surface area contributed by atoms with Gasteiger partial charge in [0.25, 0.3) is 0 Å². The Balaban J connectivity index is 6.25. The molecule has 0 spiro atoms. The molecule has 0 bridgehead atoms. The van der Waals surface area contributed by atoms with Crippen molar-refractivity contribution in [2.75, 3.05) is 39.8 Å². The Kier molecular flexibility index (Phi) is 40.0. The number of hydrogen-bond acceptors (Lipinski definition) is 13. The number of aliphatic carboxylic acids is 1. The first-order chi connectivity index (χ1) is 36.3. The summed E-state index contributed by atoms with van der Waals surface area (Å²) in [4.78, 5) is 107. The Hall–Kier alpha value is -6.51. The molecule has 27 nitrogen and oxygen atoms in total. The highest BCUT2D eigenvalue weighted by molar-refractivity contribution is 5.97. The molecule has 7 amide bonds. The number of guanidine groups is 3. The summed E-state index contributed by atoms with van der Waals surface area (Å²) in [5.74, 6) is -7.73. The van der Waals surface area contributed by atoms with Gasteiger partial charge in [-0.05, 0) is 77.2 Å². The van der Waals surface area contributed by atoms with Crippen LogP contribution in [0.25, 0.3) is 0 Å². The molecular formula is C49H95N17O10. The van der Waals surface area contributed by atoms with Crippen LogP contribution in [0.3, 0.4) is 0 Å². The summed E-state index contributed by atoms with van der Waals surface area (Å²) >= 11 is 0. The number of aliphatic hydroxyl groups is 1. The maximum absolute atomic E-state index is 14.1. The molecule has 27 heteroatoms. The molecule has 0 aliphatic rings. The number of rotatable bonds is 46. The molecule has 436 valence electrons. The molecule has 23 N–H and O–H groups in total. The maximum atomic E-state index is 14.1. The average molecular weight is 1080 g/mol. The minimum atomic E-state index is -1.60. The van der Waals surface area contributed by atoms with Crippen LogP contribution in [0.15, 0.2) is 0 Å². The van der Waals surface area contributed by atoms with Gasteiger partial charge in [0.05, 0.1) is 6.61 Å². The molecule has 0 fully saturated rings. The largest absolute Gasteiger partial charge is 0.481 e. The lowest BCUT2D eigenvalue weighted by Gasteiger charge is -2.27. The lowest BCUT2D eigenvalue weighted by Crippen LogP contribution is -2.60. The molecule has 0 aliphatic carbocycles. The van der Waals surface area contributed by atoms with E-state index in [0.717, 1.165) is 25.7 Å². The minimum Gasteiger partial charge on any atom is -0.481 e. The SMILES string of the molecule is CCCCCCCCCCCCCCCC(=O)N[C@@H](CO)C(=O)N[C@@H](CCCNC(=N)N)C(=O)N[C@@H](CCC(=O)O)C(=O)N[C@@H](CCCCN)C(=O)N[C@@H](CCCNC(=N)N)C(=O)N[C@@H](CCCNC(=N)N)C(=O)NC. The van der Waals surface area contributed by atoms with E-state index in [2.05, 4.69) is 60.1 Å². The van der Waals surface area contributed by atoms with Gasteiger partial charge in [-0.15, -0.1) is 0 Å². The highest BCUT2D eigenvalue weighted by Gasteiger charge is 2.33. The fourth-order valence-corrected chi connectivity index (χ4v) is 7.99. The number of hydrogen-bond donors (Lipinski definition) is 19. The third-order valence-corrected chi connectivity index (χ3v) is 12.3. The molecule has 0 aromatic heterocycles. The third-order valence-electron chi connectivity index (χ3n) is 12.3. The van der Waals surface area contributed by atoms with Gasteiger partial charge in [-0.3, -0.25) is 54.6 Å². The van der Waals surface area contributed by atoms with Crippen LogP contribution >= 0.6 is 0 Å². The Morgan fingerprint density at radius 1 is 0.421 bits per heavy atom. The monoisotopic (exact) mass is 1080 g/mol. The van der Waals surface area contributed by atoms with Gasteiger partial charge in [0.1, 0.15) is 36.3 Å². The molecule has 6 atom stereocenters. The van der Waals surface area contributed by atoms with Gasteiger partial charge >= 0.3 is 5.97 Å². The van der Waals surface area contributed by atoms with Crippen molar-refractivity contribution in [3.8, 4) is 0 Å². The first kappa shape index (κ1) is 69.5. The van der Waals surface area contributed by atoms with Crippen LogP contribution in [-0.2, 0) is 38.4 Å². The Morgan fingerprint density at radius 3 is 1.08 bits per heavy atom. The molecule has 0 aromatic rings. The van der Waals surface area contributed by atoms with E-state index in [1.165, 1.54) is 58.4 Å². The summed E-state index contributed by atoms with van der Waals surface area (Å²) in [6.45, 7) is 2.08. The lowest BCUT2D eigenvalue weighted by atomic mass is 10.0. The zero-order valence-electron chi connectivity index (χ0n) is 45.1. The van der Waals surface area contributed by atoms with Crippen LogP contribution in [0.2, 0.25) is 0 Å². The van der Waals surface area contributed by atoms with Gasteiger partial charge in [0.2, 0.25) is 41.4 Å². The maximum Gasteiger partial charge on any atom is 0.303 e. The standard InChI is InChI=1S/C49H95N17O10/c1-3-4-5-6-7-8-9-10-11-12-13-14-15-25-39(68)61-38(32-67)46(76)65-36(24-20-31-60-49(55)56)44(74)66-37(26-27-40(69)70)45(75)63-34(21-16-17-28-50)42(72)64-35(23-19-30-59-48(53)54)43(73)62-33(41(71)57-2)22-18-29-58-47(51)52/h33-38,67H,3-32,50H2,1-2H3,(H,57,71)(H,61,68)(H,62,73)(H,63,75)(H,64,72)(H,65,76)(H,66,74)(H,69,70)(H4,51,52,58)(H4,53,54,59)(H4,55,56,60)/t33-,34-,35-,36-,37-,38-/m0/s1. The predicted octanol–water partition coefficient (Wildman–Crippen LogP) is -1.10. The number of likely N-dealkylation sites (N-methyl/N-ethyl adjacent to an activating group) is 1. The zero-order chi connectivity index (χ0) is 57.1. The zero-order valence-corrected chi connectivity index (χ0v) is 45.1. The minimum absolute atomic E-state index is 0.0198. The fourth-order valence-electron chi connectivity index (χ4n) is 7.99. The second kappa shape index (κ2) is 43.7. The number of carboxylic acids is 1. The third kappa shape index (κ3) is 35.6. The summed E-state index contributed by atoms with van der Waals surface area (Å²) in [6, 6.07) is -8.19. The molecule has 0 aromatic carbocycles. The van der Waals surface area contributed by atoms with Gasteiger partial charge < -0.3 is 86.3 Å². The van der Waals surface area contributed by atoms with Gasteiger partial charge in [-0.1, -0.05) is 84.0 Å². The van der Waals surface area contributed by atoms with Crippen molar-refractivity contribution in [3.63, 3.8) is 0 Å². The van der Waals surface area contributed by atoms with E-state index >= 15 is 0 Å². The van der Waals surface area contributed by atoms with Crippen LogP contribution in [0.4, 0.5) is 0 Å². The van der Waals surface area contributed by atoms with E-state index in [-0.39, 0.29) is 89.0 Å². The molecule has 0 saturated carbocycles. The summed E-state index contributed by atoms with van der Waals surface area (Å²) < 4.78 is 0. The number of amides is 7. The number of carbonyl (C=O) groups is 8. The smallest absolute Gasteiger partial charge is 0.303 e. The molecule has 76 heavy (non-hydrogen) atoms. The number of unbranched alkanes of at least 4 members (excludes halogenated alkanes) is 13. The van der Waals surface area contributed by atoms with Gasteiger partial charge in [0.15, 0.2) is 17.9 Å². The summed E-state index contributed by atoms with van der Waals surface area (Å²) in [6.07, 6.45) is 15.0.